The summed E-state index contributed by atoms with van der Waals surface area (Å²) in [5, 5.41) is 2.93. The highest BCUT2D eigenvalue weighted by Gasteiger charge is 1.50. The van der Waals surface area contributed by atoms with E-state index < -0.39 is 0 Å². The molecule has 0 fully saturated rings. The van der Waals surface area contributed by atoms with Crippen LogP contribution in [0.15, 0.2) is 13.2 Å². The molecule has 0 atom stereocenters. The summed E-state index contributed by atoms with van der Waals surface area (Å²) in [4.78, 5) is 0. The Labute approximate surface area is 81.3 Å². The van der Waals surface area contributed by atoms with Crippen molar-refractivity contribution in [1.29, 1.82) is 0 Å². The molecule has 1 nitrogen and oxygen atoms in total. The van der Waals surface area contributed by atoms with Gasteiger partial charge in [0.1, 0.15) is 0 Å². The Morgan fingerprint density at radius 3 is 0.917 bits per heavy atom. The maximum absolute atomic E-state index is 3.00. The van der Waals surface area contributed by atoms with Gasteiger partial charge in [-0.25, -0.2) is 0 Å². The third-order valence-corrected chi connectivity index (χ3v) is 0.354. The van der Waals surface area contributed by atoms with Crippen molar-refractivity contribution in [1.82, 2.24) is 5.32 Å². The second-order valence-corrected chi connectivity index (χ2v) is 0.707. The van der Waals surface area contributed by atoms with Crippen molar-refractivity contribution >= 4 is 0 Å². The Hall–Kier alpha value is -0.300. The molecule has 80 valence electrons. The van der Waals surface area contributed by atoms with Gasteiger partial charge in [0.25, 0.3) is 0 Å². The van der Waals surface area contributed by atoms with Gasteiger partial charge in [-0.15, -0.1) is 13.2 Å². The largest absolute Gasteiger partial charge is 0.320 e. The minimum Gasteiger partial charge on any atom is -0.320 e. The van der Waals surface area contributed by atoms with Gasteiger partial charge in [-0.1, -0.05) is 48.5 Å². The standard InChI is InChI=1S/C3H9N.3C2H6.C2H4/c1-3-4-2;4*1-2/h4H,3H2,1-2H3;3*1-2H3;1-2H2. The quantitative estimate of drug-likeness (QED) is 0.594. The van der Waals surface area contributed by atoms with Gasteiger partial charge in [0.05, 0.1) is 0 Å². The molecule has 0 radical (unpaired) electrons. The lowest BCUT2D eigenvalue weighted by atomic mass is 10.8. The van der Waals surface area contributed by atoms with Crippen molar-refractivity contribution < 1.29 is 0 Å². The van der Waals surface area contributed by atoms with E-state index in [4.69, 9.17) is 0 Å². The lowest BCUT2D eigenvalue weighted by Gasteiger charge is -1.76. The van der Waals surface area contributed by atoms with Gasteiger partial charge >= 0.3 is 0 Å². The van der Waals surface area contributed by atoms with Crippen molar-refractivity contribution in [3.8, 4) is 0 Å². The van der Waals surface area contributed by atoms with Crippen molar-refractivity contribution in [2.24, 2.45) is 0 Å². The van der Waals surface area contributed by atoms with Crippen LogP contribution in [0.1, 0.15) is 48.5 Å². The van der Waals surface area contributed by atoms with E-state index in [0.717, 1.165) is 6.54 Å². The molecule has 12 heavy (non-hydrogen) atoms. The summed E-state index contributed by atoms with van der Waals surface area (Å²) in [6.45, 7) is 21.1. The average Bonchev–Trinajstić information content (AvgIpc) is 2.29. The molecule has 1 N–H and O–H groups in total. The van der Waals surface area contributed by atoms with Gasteiger partial charge in [-0.3, -0.25) is 0 Å². The molecule has 0 aromatic carbocycles. The molecule has 0 heterocycles. The van der Waals surface area contributed by atoms with E-state index in [1.807, 2.05) is 48.6 Å². The van der Waals surface area contributed by atoms with Crippen LogP contribution >= 0.6 is 0 Å². The van der Waals surface area contributed by atoms with Crippen molar-refractivity contribution in [3.05, 3.63) is 13.2 Å². The fourth-order valence-corrected chi connectivity index (χ4v) is 0. The van der Waals surface area contributed by atoms with E-state index in [-0.39, 0.29) is 0 Å². The van der Waals surface area contributed by atoms with E-state index in [0.29, 0.717) is 0 Å². The van der Waals surface area contributed by atoms with Crippen LogP contribution in [0.2, 0.25) is 0 Å². The highest BCUT2D eigenvalue weighted by Crippen LogP contribution is 1.34. The van der Waals surface area contributed by atoms with E-state index >= 15 is 0 Å². The predicted octanol–water partition coefficient (Wildman–Crippen LogP) is 4.11. The molecule has 0 aliphatic carbocycles. The second-order valence-electron chi connectivity index (χ2n) is 0.707. The molecule has 0 spiro atoms. The summed E-state index contributed by atoms with van der Waals surface area (Å²) in [5.74, 6) is 0. The smallest absolute Gasteiger partial charge is 0.00804 e. The van der Waals surface area contributed by atoms with Crippen LogP contribution in [0, 0.1) is 0 Å². The molecule has 0 saturated carbocycles. The molecule has 0 saturated heterocycles. The molecular formula is C11H31N. The summed E-state index contributed by atoms with van der Waals surface area (Å²) >= 11 is 0. The number of nitrogens with one attached hydrogen (secondary N) is 1. The third kappa shape index (κ3) is 1500. The van der Waals surface area contributed by atoms with Gasteiger partial charge in [-0.05, 0) is 13.6 Å². The number of hydrogen-bond acceptors (Lipinski definition) is 1. The first-order valence-corrected chi connectivity index (χ1v) is 5.06. The average molecular weight is 177 g/mol. The molecule has 0 unspecified atom stereocenters. The second kappa shape index (κ2) is 348. The monoisotopic (exact) mass is 177 g/mol. The van der Waals surface area contributed by atoms with Crippen LogP contribution in [0.25, 0.3) is 0 Å². The zero-order valence-corrected chi connectivity index (χ0v) is 10.6. The lowest BCUT2D eigenvalue weighted by Crippen LogP contribution is -2.01. The van der Waals surface area contributed by atoms with Gasteiger partial charge in [0.2, 0.25) is 0 Å². The van der Waals surface area contributed by atoms with Gasteiger partial charge in [0.15, 0.2) is 0 Å². The highest BCUT2D eigenvalue weighted by atomic mass is 14.8. The Bertz CT molecular complexity index is 12.5. The summed E-state index contributed by atoms with van der Waals surface area (Å²) < 4.78 is 0. The van der Waals surface area contributed by atoms with Crippen LogP contribution < -0.4 is 5.32 Å². The van der Waals surface area contributed by atoms with Crippen molar-refractivity contribution in [3.63, 3.8) is 0 Å². The summed E-state index contributed by atoms with van der Waals surface area (Å²) in [5.41, 5.74) is 0. The SMILES string of the molecule is C=C.CC.CC.CC.CCNC. The molecule has 0 rings (SSSR count). The van der Waals surface area contributed by atoms with E-state index in [1.54, 1.807) is 0 Å². The highest BCUT2D eigenvalue weighted by molar-refractivity contribution is 4.22. The van der Waals surface area contributed by atoms with Crippen LogP contribution in [0.4, 0.5) is 0 Å². The van der Waals surface area contributed by atoms with Crippen molar-refractivity contribution in [2.75, 3.05) is 13.6 Å². The summed E-state index contributed by atoms with van der Waals surface area (Å²) in [6.07, 6.45) is 0. The first-order chi connectivity index (χ1) is 5.91. The maximum atomic E-state index is 3.00. The van der Waals surface area contributed by atoms with Crippen LogP contribution in [-0.2, 0) is 0 Å². The first kappa shape index (κ1) is 29.8. The summed E-state index contributed by atoms with van der Waals surface area (Å²) in [7, 11) is 1.93. The molecule has 0 amide bonds. The van der Waals surface area contributed by atoms with Crippen LogP contribution in [0.5, 0.6) is 0 Å². The van der Waals surface area contributed by atoms with Gasteiger partial charge in [0, 0.05) is 0 Å². The van der Waals surface area contributed by atoms with Crippen molar-refractivity contribution in [2.45, 2.75) is 48.5 Å². The molecule has 0 aromatic rings. The van der Waals surface area contributed by atoms with Gasteiger partial charge in [-0.2, -0.15) is 0 Å². The Balaban J connectivity index is -0.0000000181. The van der Waals surface area contributed by atoms with Gasteiger partial charge < -0.3 is 5.32 Å². The van der Waals surface area contributed by atoms with E-state index in [9.17, 15) is 0 Å². The lowest BCUT2D eigenvalue weighted by molar-refractivity contribution is 0.864. The van der Waals surface area contributed by atoms with E-state index in [2.05, 4.69) is 25.4 Å². The molecule has 0 aromatic heterocycles. The molecule has 0 bridgehead atoms. The number of hydrogen-bond donors (Lipinski definition) is 1. The molecule has 0 aliphatic rings. The normalized spacial score (nSPS) is 4.33. The zero-order valence-electron chi connectivity index (χ0n) is 10.6. The Morgan fingerprint density at radius 1 is 0.833 bits per heavy atom. The topological polar surface area (TPSA) is 12.0 Å². The minimum atomic E-state index is 1.07. The maximum Gasteiger partial charge on any atom is -0.00804 e. The van der Waals surface area contributed by atoms with E-state index in [1.165, 1.54) is 0 Å². The predicted molar refractivity (Wildman–Crippen MR) is 64.9 cm³/mol. The molecule has 1 heteroatoms. The minimum absolute atomic E-state index is 1.07. The fraction of sp³-hybridized carbons (Fsp3) is 0.818. The Morgan fingerprint density at radius 2 is 0.917 bits per heavy atom. The summed E-state index contributed by atoms with van der Waals surface area (Å²) in [6, 6.07) is 0. The third-order valence-electron chi connectivity index (χ3n) is 0.354. The molecular weight excluding hydrogens is 146 g/mol. The number of rotatable bonds is 1. The van der Waals surface area contributed by atoms with Crippen LogP contribution in [0.3, 0.4) is 0 Å². The van der Waals surface area contributed by atoms with Crippen LogP contribution in [-0.4, -0.2) is 13.6 Å². The fourth-order valence-electron chi connectivity index (χ4n) is 0. The molecule has 0 aliphatic heterocycles. The zero-order chi connectivity index (χ0) is 11.4. The first-order valence-electron chi connectivity index (χ1n) is 5.06. The Kier molecular flexibility index (Phi) is 866.